The fourth-order valence-corrected chi connectivity index (χ4v) is 2.75. The molecule has 2 aromatic carbocycles. The topological polar surface area (TPSA) is 74.4 Å². The Morgan fingerprint density at radius 3 is 2.41 bits per heavy atom. The van der Waals surface area contributed by atoms with Crippen LogP contribution in [0, 0.1) is 11.3 Å². The van der Waals surface area contributed by atoms with Gasteiger partial charge in [-0.15, -0.1) is 0 Å². The van der Waals surface area contributed by atoms with Crippen LogP contribution in [-0.4, -0.2) is 52.8 Å². The molecule has 29 heavy (non-hydrogen) atoms. The van der Waals surface area contributed by atoms with E-state index in [-0.39, 0.29) is 6.03 Å². The summed E-state index contributed by atoms with van der Waals surface area (Å²) in [6.07, 6.45) is 2.81. The Morgan fingerprint density at radius 2 is 1.76 bits per heavy atom. The maximum absolute atomic E-state index is 12.3. The number of nitriles is 1. The summed E-state index contributed by atoms with van der Waals surface area (Å²) in [4.78, 5) is 16.0. The Kier molecular flexibility index (Phi) is 6.61. The molecule has 0 saturated heterocycles. The molecule has 0 saturated carbocycles. The molecule has 0 aliphatic rings. The van der Waals surface area contributed by atoms with E-state index in [0.717, 1.165) is 23.6 Å². The van der Waals surface area contributed by atoms with Gasteiger partial charge in [0.2, 0.25) is 0 Å². The van der Waals surface area contributed by atoms with E-state index in [1.807, 2.05) is 67.7 Å². The minimum atomic E-state index is -0.262. The van der Waals surface area contributed by atoms with Crippen molar-refractivity contribution >= 4 is 6.03 Å². The third kappa shape index (κ3) is 5.67. The lowest BCUT2D eigenvalue weighted by Gasteiger charge is -2.22. The largest absolute Gasteiger partial charge is 0.457 e. The van der Waals surface area contributed by atoms with Crippen LogP contribution < -0.4 is 4.74 Å². The van der Waals surface area contributed by atoms with E-state index in [2.05, 4.69) is 10.00 Å². The Balaban J connectivity index is 1.47. The number of benzene rings is 2. The molecule has 0 fully saturated rings. The van der Waals surface area contributed by atoms with Crippen LogP contribution in [0.15, 0.2) is 67.0 Å². The number of amides is 1. The monoisotopic (exact) mass is 389 g/mol. The molecule has 7 nitrogen and oxygen atoms in total. The van der Waals surface area contributed by atoms with E-state index in [1.165, 1.54) is 17.1 Å². The quantitative estimate of drug-likeness (QED) is 0.617. The van der Waals surface area contributed by atoms with Crippen LogP contribution in [0.5, 0.6) is 11.5 Å². The summed E-state index contributed by atoms with van der Waals surface area (Å²) >= 11 is 0. The number of likely N-dealkylation sites (N-methyl/N-ethyl adjacent to an activating group) is 2. The van der Waals surface area contributed by atoms with Gasteiger partial charge in [-0.25, -0.2) is 4.79 Å². The number of carbonyl (C=O) groups excluding carboxylic acids is 1. The second-order valence-corrected chi connectivity index (χ2v) is 6.79. The first-order valence-electron chi connectivity index (χ1n) is 9.26. The number of hydrogen-bond acceptors (Lipinski definition) is 5. The molecule has 0 aliphatic carbocycles. The minimum absolute atomic E-state index is 0.262. The predicted molar refractivity (Wildman–Crippen MR) is 110 cm³/mol. The molecule has 0 N–H and O–H groups in total. The van der Waals surface area contributed by atoms with Gasteiger partial charge in [-0.05, 0) is 36.9 Å². The van der Waals surface area contributed by atoms with E-state index in [1.54, 1.807) is 11.9 Å². The van der Waals surface area contributed by atoms with Crippen LogP contribution in [0.2, 0.25) is 0 Å². The molecule has 1 amide bonds. The first-order chi connectivity index (χ1) is 14.0. The zero-order chi connectivity index (χ0) is 20.6. The zero-order valence-corrected chi connectivity index (χ0v) is 16.5. The van der Waals surface area contributed by atoms with Crippen LogP contribution in [0.25, 0.3) is 0 Å². The molecule has 1 heterocycles. The summed E-state index contributed by atoms with van der Waals surface area (Å²) in [6.45, 7) is 2.01. The highest BCUT2D eigenvalue weighted by molar-refractivity contribution is 5.75. The Hall–Kier alpha value is -3.63. The summed E-state index contributed by atoms with van der Waals surface area (Å²) in [5, 5.41) is 12.8. The van der Waals surface area contributed by atoms with Crippen molar-refractivity contribution < 1.29 is 9.53 Å². The number of rotatable bonds is 7. The van der Waals surface area contributed by atoms with Gasteiger partial charge in [0.1, 0.15) is 17.6 Å². The first kappa shape index (κ1) is 20.1. The summed E-state index contributed by atoms with van der Waals surface area (Å²) in [5.41, 5.74) is 1.52. The molecule has 0 atom stereocenters. The third-order valence-corrected chi connectivity index (χ3v) is 4.41. The fraction of sp³-hybridized carbons (Fsp3) is 0.227. The van der Waals surface area contributed by atoms with E-state index < -0.39 is 0 Å². The number of aromatic nitrogens is 2. The van der Waals surface area contributed by atoms with Crippen LogP contribution in [0.3, 0.4) is 0 Å². The molecule has 0 spiro atoms. The van der Waals surface area contributed by atoms with Crippen LogP contribution in [-0.2, 0) is 6.54 Å². The van der Waals surface area contributed by atoms with E-state index in [9.17, 15) is 4.79 Å². The van der Waals surface area contributed by atoms with Gasteiger partial charge >= 0.3 is 6.03 Å². The second-order valence-electron chi connectivity index (χ2n) is 6.79. The SMILES string of the molecule is CN(CCN(C)C(=O)n1cc(C#N)cn1)Cc1ccc(Oc2ccccc2)cc1. The Bertz CT molecular complexity index is 976. The van der Waals surface area contributed by atoms with Crippen LogP contribution in [0.1, 0.15) is 11.1 Å². The lowest BCUT2D eigenvalue weighted by atomic mass is 10.2. The van der Waals surface area contributed by atoms with Gasteiger partial charge in [0.05, 0.1) is 18.0 Å². The molecule has 0 aliphatic heterocycles. The highest BCUT2D eigenvalue weighted by Gasteiger charge is 2.13. The molecule has 7 heteroatoms. The van der Waals surface area contributed by atoms with Crippen molar-refractivity contribution in [3.8, 4) is 17.6 Å². The molecule has 1 aromatic heterocycles. The van der Waals surface area contributed by atoms with Crippen molar-refractivity contribution in [1.29, 1.82) is 5.26 Å². The van der Waals surface area contributed by atoms with Gasteiger partial charge in [0, 0.05) is 26.7 Å². The van der Waals surface area contributed by atoms with Crippen molar-refractivity contribution in [3.05, 3.63) is 78.1 Å². The summed E-state index contributed by atoms with van der Waals surface area (Å²) in [7, 11) is 3.73. The number of ether oxygens (including phenoxy) is 1. The van der Waals surface area contributed by atoms with Crippen LogP contribution in [0.4, 0.5) is 4.79 Å². The van der Waals surface area contributed by atoms with Gasteiger partial charge in [-0.1, -0.05) is 30.3 Å². The zero-order valence-electron chi connectivity index (χ0n) is 16.5. The molecule has 0 bridgehead atoms. The van der Waals surface area contributed by atoms with Crippen molar-refractivity contribution in [2.45, 2.75) is 6.54 Å². The van der Waals surface area contributed by atoms with E-state index in [0.29, 0.717) is 18.7 Å². The average molecular weight is 389 g/mol. The average Bonchev–Trinajstić information content (AvgIpc) is 3.23. The molecule has 148 valence electrons. The molecule has 0 unspecified atom stereocenters. The van der Waals surface area contributed by atoms with Gasteiger partial charge < -0.3 is 14.5 Å². The summed E-state index contributed by atoms with van der Waals surface area (Å²) in [6, 6.07) is 19.4. The van der Waals surface area contributed by atoms with E-state index >= 15 is 0 Å². The Morgan fingerprint density at radius 1 is 1.07 bits per heavy atom. The lowest BCUT2D eigenvalue weighted by molar-refractivity contribution is 0.198. The predicted octanol–water partition coefficient (Wildman–Crippen LogP) is 3.58. The van der Waals surface area contributed by atoms with Crippen LogP contribution >= 0.6 is 0 Å². The molecular formula is C22H23N5O2. The number of nitrogens with zero attached hydrogens (tertiary/aromatic N) is 5. The number of para-hydroxylation sites is 1. The van der Waals surface area contributed by atoms with Crippen molar-refractivity contribution in [2.24, 2.45) is 0 Å². The minimum Gasteiger partial charge on any atom is -0.457 e. The first-order valence-corrected chi connectivity index (χ1v) is 9.26. The summed E-state index contributed by atoms with van der Waals surface area (Å²) in [5.74, 6) is 1.60. The number of carbonyl (C=O) groups is 1. The molecular weight excluding hydrogens is 366 g/mol. The highest BCUT2D eigenvalue weighted by Crippen LogP contribution is 2.21. The maximum Gasteiger partial charge on any atom is 0.344 e. The number of hydrogen-bond donors (Lipinski definition) is 0. The van der Waals surface area contributed by atoms with Crippen molar-refractivity contribution in [1.82, 2.24) is 19.6 Å². The van der Waals surface area contributed by atoms with Gasteiger partial charge in [-0.3, -0.25) is 0 Å². The van der Waals surface area contributed by atoms with Crippen molar-refractivity contribution in [3.63, 3.8) is 0 Å². The lowest BCUT2D eigenvalue weighted by Crippen LogP contribution is -2.37. The second kappa shape index (κ2) is 9.53. The Labute approximate surface area is 170 Å². The molecule has 0 radical (unpaired) electrons. The smallest absolute Gasteiger partial charge is 0.344 e. The summed E-state index contributed by atoms with van der Waals surface area (Å²) < 4.78 is 6.99. The molecule has 3 rings (SSSR count). The molecule has 3 aromatic rings. The van der Waals surface area contributed by atoms with Gasteiger partial charge in [-0.2, -0.15) is 15.0 Å². The highest BCUT2D eigenvalue weighted by atomic mass is 16.5. The third-order valence-electron chi connectivity index (χ3n) is 4.41. The normalized spacial score (nSPS) is 10.6. The maximum atomic E-state index is 12.3. The van der Waals surface area contributed by atoms with Crippen molar-refractivity contribution in [2.75, 3.05) is 27.2 Å². The van der Waals surface area contributed by atoms with E-state index in [4.69, 9.17) is 10.00 Å². The van der Waals surface area contributed by atoms with Gasteiger partial charge in [0.25, 0.3) is 0 Å². The standard InChI is InChI=1S/C22H23N5O2/c1-25(12-13-26(2)22(28)27-17-19(14-23)15-24-27)16-18-8-10-21(11-9-18)29-20-6-4-3-5-7-20/h3-11,15,17H,12-13,16H2,1-2H3. The van der Waals surface area contributed by atoms with Gasteiger partial charge in [0.15, 0.2) is 0 Å². The fourth-order valence-electron chi connectivity index (χ4n) is 2.75.